The maximum absolute atomic E-state index is 12.0. The van der Waals surface area contributed by atoms with E-state index in [1.165, 1.54) is 13.3 Å². The molecule has 0 aliphatic heterocycles. The van der Waals surface area contributed by atoms with Gasteiger partial charge in [0.05, 0.1) is 17.8 Å². The first-order chi connectivity index (χ1) is 13.1. The zero-order valence-corrected chi connectivity index (χ0v) is 16.1. The number of carbonyl (C=O) groups excluding carboxylic acids is 1. The molecule has 0 spiro atoms. The monoisotopic (exact) mass is 428 g/mol. The van der Waals surface area contributed by atoms with Gasteiger partial charge < -0.3 is 14.6 Å². The van der Waals surface area contributed by atoms with Crippen molar-refractivity contribution in [2.75, 3.05) is 13.7 Å². The summed E-state index contributed by atoms with van der Waals surface area (Å²) >= 11 is 3.23. The molecule has 3 rings (SSSR count). The zero-order chi connectivity index (χ0) is 19.2. The van der Waals surface area contributed by atoms with Gasteiger partial charge in [-0.05, 0) is 45.1 Å². The summed E-state index contributed by atoms with van der Waals surface area (Å²) < 4.78 is 11.1. The number of phenols is 1. The molecule has 0 heterocycles. The third-order valence-electron chi connectivity index (χ3n) is 3.78. The maximum Gasteiger partial charge on any atom is 0.277 e. The minimum atomic E-state index is -0.385. The number of phenolic OH excluding ortho intramolecular Hbond substituents is 1. The lowest BCUT2D eigenvalue weighted by molar-refractivity contribution is -0.123. The van der Waals surface area contributed by atoms with Gasteiger partial charge in [-0.25, -0.2) is 5.43 Å². The van der Waals surface area contributed by atoms with Gasteiger partial charge in [0.2, 0.25) is 0 Å². The lowest BCUT2D eigenvalue weighted by Crippen LogP contribution is -2.24. The second-order valence-electron chi connectivity index (χ2n) is 5.61. The molecule has 3 aromatic rings. The molecule has 3 aromatic carbocycles. The number of hydrogen-bond donors (Lipinski definition) is 2. The highest BCUT2D eigenvalue weighted by Gasteiger charge is 2.08. The molecule has 0 unspecified atom stereocenters. The number of rotatable bonds is 6. The third-order valence-corrected chi connectivity index (χ3v) is 4.39. The van der Waals surface area contributed by atoms with Crippen LogP contribution >= 0.6 is 15.9 Å². The fourth-order valence-electron chi connectivity index (χ4n) is 2.50. The number of fused-ring (bicyclic) bond motifs is 1. The van der Waals surface area contributed by atoms with E-state index in [4.69, 9.17) is 9.47 Å². The van der Waals surface area contributed by atoms with Crippen LogP contribution in [0.3, 0.4) is 0 Å². The average Bonchev–Trinajstić information content (AvgIpc) is 2.68. The van der Waals surface area contributed by atoms with Crippen LogP contribution < -0.4 is 14.9 Å². The zero-order valence-electron chi connectivity index (χ0n) is 14.5. The molecule has 1 amide bonds. The Bertz CT molecular complexity index is 999. The first kappa shape index (κ1) is 18.7. The summed E-state index contributed by atoms with van der Waals surface area (Å²) in [7, 11) is 1.45. The van der Waals surface area contributed by atoms with Crippen LogP contribution in [0.5, 0.6) is 17.2 Å². The lowest BCUT2D eigenvalue weighted by Gasteiger charge is -2.08. The van der Waals surface area contributed by atoms with Crippen molar-refractivity contribution in [1.82, 2.24) is 5.43 Å². The van der Waals surface area contributed by atoms with Crippen molar-refractivity contribution in [3.05, 3.63) is 64.6 Å². The summed E-state index contributed by atoms with van der Waals surface area (Å²) in [5.74, 6) is 0.557. The highest BCUT2D eigenvalue weighted by atomic mass is 79.9. The summed E-state index contributed by atoms with van der Waals surface area (Å²) in [6.07, 6.45) is 1.45. The van der Waals surface area contributed by atoms with E-state index in [2.05, 4.69) is 26.5 Å². The van der Waals surface area contributed by atoms with Gasteiger partial charge in [0.25, 0.3) is 5.91 Å². The summed E-state index contributed by atoms with van der Waals surface area (Å²) in [4.78, 5) is 12.0. The van der Waals surface area contributed by atoms with Crippen LogP contribution in [0.15, 0.2) is 64.2 Å². The predicted molar refractivity (Wildman–Crippen MR) is 108 cm³/mol. The standard InChI is InChI=1S/C20H17BrN2O4/c1-26-18-10-13(9-16(21)20(18)25)11-22-23-19(24)12-27-17-8-4-6-14-5-2-3-7-15(14)17/h2-11,25H,12H2,1H3,(H,23,24). The van der Waals surface area contributed by atoms with E-state index in [-0.39, 0.29) is 18.3 Å². The Morgan fingerprint density at radius 1 is 1.19 bits per heavy atom. The number of halogens is 1. The van der Waals surface area contributed by atoms with Crippen LogP contribution in [0.2, 0.25) is 0 Å². The second kappa shape index (κ2) is 8.55. The number of ether oxygens (including phenoxy) is 2. The molecule has 0 fully saturated rings. The molecule has 0 aromatic heterocycles. The summed E-state index contributed by atoms with van der Waals surface area (Å²) in [6.45, 7) is -0.159. The number of aromatic hydroxyl groups is 1. The number of amides is 1. The Morgan fingerprint density at radius 2 is 1.96 bits per heavy atom. The van der Waals surface area contributed by atoms with Crippen molar-refractivity contribution in [2.45, 2.75) is 0 Å². The fourth-order valence-corrected chi connectivity index (χ4v) is 2.96. The van der Waals surface area contributed by atoms with Gasteiger partial charge in [-0.3, -0.25) is 4.79 Å². The lowest BCUT2D eigenvalue weighted by atomic mass is 10.1. The fraction of sp³-hybridized carbons (Fsp3) is 0.100. The minimum absolute atomic E-state index is 0.00201. The van der Waals surface area contributed by atoms with Crippen LogP contribution in [0.4, 0.5) is 0 Å². The van der Waals surface area contributed by atoms with Gasteiger partial charge in [0.1, 0.15) is 5.75 Å². The highest BCUT2D eigenvalue weighted by Crippen LogP contribution is 2.34. The normalized spacial score (nSPS) is 10.9. The quantitative estimate of drug-likeness (QED) is 0.461. The first-order valence-corrected chi connectivity index (χ1v) is 8.86. The number of carbonyl (C=O) groups is 1. The largest absolute Gasteiger partial charge is 0.503 e. The maximum atomic E-state index is 12.0. The Kier molecular flexibility index (Phi) is 5.93. The third kappa shape index (κ3) is 4.57. The van der Waals surface area contributed by atoms with E-state index in [1.807, 2.05) is 42.5 Å². The van der Waals surface area contributed by atoms with Gasteiger partial charge in [-0.1, -0.05) is 36.4 Å². The average molecular weight is 429 g/mol. The van der Waals surface area contributed by atoms with Gasteiger partial charge in [-0.2, -0.15) is 5.10 Å². The minimum Gasteiger partial charge on any atom is -0.503 e. The number of nitrogens with zero attached hydrogens (tertiary/aromatic N) is 1. The van der Waals surface area contributed by atoms with E-state index in [0.29, 0.717) is 21.5 Å². The van der Waals surface area contributed by atoms with Crippen LogP contribution in [0, 0.1) is 0 Å². The molecule has 0 saturated heterocycles. The number of methoxy groups -OCH3 is 1. The molecule has 138 valence electrons. The predicted octanol–water partition coefficient (Wildman–Crippen LogP) is 3.85. The van der Waals surface area contributed by atoms with Crippen molar-refractivity contribution in [3.63, 3.8) is 0 Å². The molecule has 0 bridgehead atoms. The summed E-state index contributed by atoms with van der Waals surface area (Å²) in [6, 6.07) is 16.7. The van der Waals surface area contributed by atoms with Crippen LogP contribution in [0.1, 0.15) is 5.56 Å². The van der Waals surface area contributed by atoms with Crippen molar-refractivity contribution in [3.8, 4) is 17.2 Å². The first-order valence-electron chi connectivity index (χ1n) is 8.07. The molecule has 7 heteroatoms. The number of hydrazone groups is 1. The molecular weight excluding hydrogens is 412 g/mol. The molecule has 27 heavy (non-hydrogen) atoms. The Morgan fingerprint density at radius 3 is 2.78 bits per heavy atom. The van der Waals surface area contributed by atoms with Crippen LogP contribution in [0.25, 0.3) is 10.8 Å². The van der Waals surface area contributed by atoms with Gasteiger partial charge >= 0.3 is 0 Å². The molecule has 0 saturated carbocycles. The number of nitrogens with one attached hydrogen (secondary N) is 1. The van der Waals surface area contributed by atoms with E-state index < -0.39 is 0 Å². The molecule has 0 aliphatic rings. The van der Waals surface area contributed by atoms with Crippen molar-refractivity contribution < 1.29 is 19.4 Å². The molecular formula is C20H17BrN2O4. The van der Waals surface area contributed by atoms with Gasteiger partial charge in [0.15, 0.2) is 18.1 Å². The summed E-state index contributed by atoms with van der Waals surface area (Å²) in [5, 5.41) is 15.7. The van der Waals surface area contributed by atoms with E-state index >= 15 is 0 Å². The molecule has 0 atom stereocenters. The second-order valence-corrected chi connectivity index (χ2v) is 6.47. The number of benzene rings is 3. The molecule has 6 nitrogen and oxygen atoms in total. The Hall–Kier alpha value is -3.06. The Balaban J connectivity index is 1.60. The van der Waals surface area contributed by atoms with Crippen molar-refractivity contribution in [2.24, 2.45) is 5.10 Å². The molecule has 0 aliphatic carbocycles. The highest BCUT2D eigenvalue weighted by molar-refractivity contribution is 9.10. The topological polar surface area (TPSA) is 80.2 Å². The van der Waals surface area contributed by atoms with E-state index in [0.717, 1.165) is 10.8 Å². The Labute approximate surface area is 164 Å². The van der Waals surface area contributed by atoms with Crippen molar-refractivity contribution >= 4 is 38.8 Å². The van der Waals surface area contributed by atoms with Crippen LogP contribution in [-0.4, -0.2) is 30.9 Å². The van der Waals surface area contributed by atoms with E-state index in [1.54, 1.807) is 12.1 Å². The molecule has 2 N–H and O–H groups in total. The van der Waals surface area contributed by atoms with E-state index in [9.17, 15) is 9.90 Å². The van der Waals surface area contributed by atoms with Gasteiger partial charge in [0, 0.05) is 5.39 Å². The van der Waals surface area contributed by atoms with Gasteiger partial charge in [-0.15, -0.1) is 0 Å². The summed E-state index contributed by atoms with van der Waals surface area (Å²) in [5.41, 5.74) is 3.05. The molecule has 0 radical (unpaired) electrons. The SMILES string of the molecule is COc1cc(C=NNC(=O)COc2cccc3ccccc23)cc(Br)c1O. The number of hydrogen-bond acceptors (Lipinski definition) is 5. The smallest absolute Gasteiger partial charge is 0.277 e. The van der Waals surface area contributed by atoms with Crippen molar-refractivity contribution in [1.29, 1.82) is 0 Å². The van der Waals surface area contributed by atoms with Crippen LogP contribution in [-0.2, 0) is 4.79 Å².